The lowest BCUT2D eigenvalue weighted by molar-refractivity contribution is 0.0566. The van der Waals surface area contributed by atoms with Gasteiger partial charge in [0.05, 0.1) is 11.8 Å². The van der Waals surface area contributed by atoms with Crippen molar-refractivity contribution in [3.8, 4) is 10.6 Å². The van der Waals surface area contributed by atoms with E-state index in [1.807, 2.05) is 13.8 Å². The van der Waals surface area contributed by atoms with Crippen molar-refractivity contribution in [1.29, 1.82) is 0 Å². The van der Waals surface area contributed by atoms with Crippen LogP contribution >= 0.6 is 11.3 Å². The molecule has 2 heterocycles. The highest BCUT2D eigenvalue weighted by Gasteiger charge is 2.13. The molecule has 0 aliphatic heterocycles. The van der Waals surface area contributed by atoms with E-state index in [2.05, 4.69) is 15.3 Å². The van der Waals surface area contributed by atoms with Gasteiger partial charge in [-0.05, 0) is 0 Å². The van der Waals surface area contributed by atoms with Crippen LogP contribution in [0.25, 0.3) is 10.6 Å². The van der Waals surface area contributed by atoms with Crippen molar-refractivity contribution in [3.05, 3.63) is 17.4 Å². The van der Waals surface area contributed by atoms with Gasteiger partial charge in [-0.25, -0.2) is 4.68 Å². The van der Waals surface area contributed by atoms with Crippen LogP contribution in [0.2, 0.25) is 0 Å². The predicted octanol–water partition coefficient (Wildman–Crippen LogP) is 2.92. The van der Waals surface area contributed by atoms with Crippen molar-refractivity contribution < 1.29 is 8.78 Å². The van der Waals surface area contributed by atoms with Gasteiger partial charge < -0.3 is 0 Å². The summed E-state index contributed by atoms with van der Waals surface area (Å²) in [4.78, 5) is 0. The lowest BCUT2D eigenvalue weighted by Crippen LogP contribution is -1.96. The molecular weight excluding hydrogens is 234 g/mol. The number of hydrogen-bond donors (Lipinski definition) is 0. The lowest BCUT2D eigenvalue weighted by Gasteiger charge is -1.95. The van der Waals surface area contributed by atoms with Gasteiger partial charge in [0, 0.05) is 12.1 Å². The predicted molar refractivity (Wildman–Crippen MR) is 56.5 cm³/mol. The topological polar surface area (TPSA) is 43.6 Å². The molecule has 0 atom stereocenters. The van der Waals surface area contributed by atoms with E-state index in [0.29, 0.717) is 15.3 Å². The molecule has 0 aliphatic carbocycles. The van der Waals surface area contributed by atoms with Crippen LogP contribution in [0, 0.1) is 0 Å². The Morgan fingerprint density at radius 1 is 1.31 bits per heavy atom. The SMILES string of the molecule is CC(C)c1nnc(-c2cnn(C(F)F)c2)s1. The normalized spacial score (nSPS) is 11.6. The number of nitrogens with zero attached hydrogens (tertiary/aromatic N) is 4. The molecule has 86 valence electrons. The molecule has 7 heteroatoms. The second-order valence-electron chi connectivity index (χ2n) is 3.59. The zero-order valence-corrected chi connectivity index (χ0v) is 9.58. The molecule has 0 radical (unpaired) electrons. The number of hydrogen-bond acceptors (Lipinski definition) is 4. The maximum absolute atomic E-state index is 12.3. The molecule has 2 aromatic heterocycles. The second kappa shape index (κ2) is 4.25. The highest BCUT2D eigenvalue weighted by Crippen LogP contribution is 2.27. The van der Waals surface area contributed by atoms with E-state index in [1.54, 1.807) is 0 Å². The van der Waals surface area contributed by atoms with Crippen molar-refractivity contribution in [2.24, 2.45) is 0 Å². The highest BCUT2D eigenvalue weighted by molar-refractivity contribution is 7.14. The van der Waals surface area contributed by atoms with Crippen molar-refractivity contribution in [1.82, 2.24) is 20.0 Å². The van der Waals surface area contributed by atoms with E-state index in [-0.39, 0.29) is 5.92 Å². The first-order chi connectivity index (χ1) is 7.58. The van der Waals surface area contributed by atoms with Gasteiger partial charge in [-0.1, -0.05) is 25.2 Å². The third-order valence-electron chi connectivity index (χ3n) is 1.98. The first-order valence-electron chi connectivity index (χ1n) is 4.74. The Morgan fingerprint density at radius 2 is 2.06 bits per heavy atom. The Morgan fingerprint density at radius 3 is 2.56 bits per heavy atom. The lowest BCUT2D eigenvalue weighted by atomic mass is 10.2. The van der Waals surface area contributed by atoms with Gasteiger partial charge in [-0.2, -0.15) is 13.9 Å². The van der Waals surface area contributed by atoms with Gasteiger partial charge in [0.2, 0.25) is 0 Å². The number of alkyl halides is 2. The zero-order valence-electron chi connectivity index (χ0n) is 8.76. The Kier molecular flexibility index (Phi) is 2.95. The quantitative estimate of drug-likeness (QED) is 0.833. The van der Waals surface area contributed by atoms with Crippen LogP contribution in [0.1, 0.15) is 31.3 Å². The van der Waals surface area contributed by atoms with Gasteiger partial charge in [0.25, 0.3) is 0 Å². The number of halogens is 2. The first-order valence-corrected chi connectivity index (χ1v) is 5.55. The summed E-state index contributed by atoms with van der Waals surface area (Å²) < 4.78 is 25.2. The summed E-state index contributed by atoms with van der Waals surface area (Å²) in [6.45, 7) is 1.39. The Balaban J connectivity index is 2.28. The molecule has 0 saturated carbocycles. The standard InChI is InChI=1S/C9H10F2N4S/c1-5(2)7-13-14-8(16-7)6-3-12-15(4-6)9(10)11/h3-5,9H,1-2H3. The molecule has 2 aromatic rings. The fourth-order valence-electron chi connectivity index (χ4n) is 1.14. The van der Waals surface area contributed by atoms with Crippen molar-refractivity contribution in [3.63, 3.8) is 0 Å². The Hall–Kier alpha value is -1.37. The molecular formula is C9H10F2N4S. The Labute approximate surface area is 94.9 Å². The summed E-state index contributed by atoms with van der Waals surface area (Å²) in [5.41, 5.74) is 0.574. The van der Waals surface area contributed by atoms with Gasteiger partial charge in [-0.15, -0.1) is 10.2 Å². The minimum atomic E-state index is -2.62. The van der Waals surface area contributed by atoms with E-state index >= 15 is 0 Å². The van der Waals surface area contributed by atoms with Gasteiger partial charge in [0.15, 0.2) is 5.01 Å². The van der Waals surface area contributed by atoms with Crippen molar-refractivity contribution in [2.45, 2.75) is 26.3 Å². The minimum Gasteiger partial charge on any atom is -0.211 e. The average molecular weight is 244 g/mol. The molecule has 0 fully saturated rings. The summed E-state index contributed by atoms with van der Waals surface area (Å²) in [5, 5.41) is 13.0. The maximum atomic E-state index is 12.3. The molecule has 0 N–H and O–H groups in total. The third kappa shape index (κ3) is 2.08. The molecule has 0 spiro atoms. The van der Waals surface area contributed by atoms with Crippen LogP contribution in [-0.2, 0) is 0 Å². The van der Waals surface area contributed by atoms with Gasteiger partial charge >= 0.3 is 6.55 Å². The Bertz CT molecular complexity index is 433. The maximum Gasteiger partial charge on any atom is 0.333 e. The zero-order chi connectivity index (χ0) is 11.7. The molecule has 0 saturated heterocycles. The first kappa shape index (κ1) is 11.1. The van der Waals surface area contributed by atoms with Crippen LogP contribution < -0.4 is 0 Å². The summed E-state index contributed by atoms with van der Waals surface area (Å²) in [5.74, 6) is 0.288. The summed E-state index contributed by atoms with van der Waals surface area (Å²) in [7, 11) is 0. The highest BCUT2D eigenvalue weighted by atomic mass is 32.1. The molecule has 0 bridgehead atoms. The molecule has 0 amide bonds. The van der Waals surface area contributed by atoms with Crippen LogP contribution in [0.3, 0.4) is 0 Å². The van der Waals surface area contributed by atoms with E-state index in [9.17, 15) is 8.78 Å². The molecule has 0 unspecified atom stereocenters. The fourth-order valence-corrected chi connectivity index (χ4v) is 1.96. The van der Waals surface area contributed by atoms with Gasteiger partial charge in [-0.3, -0.25) is 0 Å². The number of aromatic nitrogens is 4. The molecule has 16 heavy (non-hydrogen) atoms. The van der Waals surface area contributed by atoms with Crippen LogP contribution in [0.15, 0.2) is 12.4 Å². The van der Waals surface area contributed by atoms with Crippen LogP contribution in [0.5, 0.6) is 0 Å². The van der Waals surface area contributed by atoms with E-state index in [4.69, 9.17) is 0 Å². The van der Waals surface area contributed by atoms with E-state index in [0.717, 1.165) is 5.01 Å². The second-order valence-corrected chi connectivity index (χ2v) is 4.60. The summed E-state index contributed by atoms with van der Waals surface area (Å²) in [6.07, 6.45) is 2.64. The monoisotopic (exact) mass is 244 g/mol. The molecule has 0 aliphatic rings. The van der Waals surface area contributed by atoms with E-state index < -0.39 is 6.55 Å². The largest absolute Gasteiger partial charge is 0.333 e. The summed E-state index contributed by atoms with van der Waals surface area (Å²) >= 11 is 1.40. The van der Waals surface area contributed by atoms with Crippen LogP contribution in [-0.4, -0.2) is 20.0 Å². The number of rotatable bonds is 3. The average Bonchev–Trinajstić information content (AvgIpc) is 2.86. The summed E-state index contributed by atoms with van der Waals surface area (Å²) in [6, 6.07) is 0. The molecule has 0 aromatic carbocycles. The molecule has 4 nitrogen and oxygen atoms in total. The molecule has 2 rings (SSSR count). The third-order valence-corrected chi connectivity index (χ3v) is 3.26. The van der Waals surface area contributed by atoms with Crippen molar-refractivity contribution >= 4 is 11.3 Å². The van der Waals surface area contributed by atoms with Gasteiger partial charge in [0.1, 0.15) is 5.01 Å². The fraction of sp³-hybridized carbons (Fsp3) is 0.444. The minimum absolute atomic E-state index is 0.288. The van der Waals surface area contributed by atoms with Crippen molar-refractivity contribution in [2.75, 3.05) is 0 Å². The van der Waals surface area contributed by atoms with E-state index in [1.165, 1.54) is 23.7 Å². The van der Waals surface area contributed by atoms with Crippen LogP contribution in [0.4, 0.5) is 8.78 Å². The smallest absolute Gasteiger partial charge is 0.211 e.